The Hall–Kier alpha value is -2.38. The van der Waals surface area contributed by atoms with Gasteiger partial charge in [-0.05, 0) is 43.2 Å². The highest BCUT2D eigenvalue weighted by molar-refractivity contribution is 7.92. The van der Waals surface area contributed by atoms with E-state index in [2.05, 4.69) is 19.6 Å². The first kappa shape index (κ1) is 17.1. The van der Waals surface area contributed by atoms with Crippen molar-refractivity contribution in [3.8, 4) is 0 Å². The molecule has 0 unspecified atom stereocenters. The van der Waals surface area contributed by atoms with Crippen molar-refractivity contribution in [2.75, 3.05) is 22.7 Å². The van der Waals surface area contributed by atoms with Gasteiger partial charge >= 0.3 is 0 Å². The number of sulfonamides is 1. The molecule has 4 rings (SSSR count). The van der Waals surface area contributed by atoms with Crippen LogP contribution in [0.1, 0.15) is 12.8 Å². The first-order valence-corrected chi connectivity index (χ1v) is 10.2. The molecule has 1 fully saturated rings. The zero-order valence-electron chi connectivity index (χ0n) is 13.9. The van der Waals surface area contributed by atoms with E-state index in [-0.39, 0.29) is 10.7 Å². The van der Waals surface area contributed by atoms with Gasteiger partial charge in [0.25, 0.3) is 10.0 Å². The molecule has 1 aromatic heterocycles. The number of hydrogen-bond donors (Lipinski definition) is 1. The Bertz CT molecular complexity index is 1070. The molecule has 0 atom stereocenters. The predicted molar refractivity (Wildman–Crippen MR) is 103 cm³/mol. The highest BCUT2D eigenvalue weighted by Crippen LogP contribution is 2.29. The monoisotopic (exact) mass is 388 g/mol. The lowest BCUT2D eigenvalue weighted by atomic mass is 10.3. The van der Waals surface area contributed by atoms with Gasteiger partial charge < -0.3 is 4.90 Å². The maximum atomic E-state index is 12.8. The second-order valence-corrected chi connectivity index (χ2v) is 8.26. The highest BCUT2D eigenvalue weighted by atomic mass is 35.5. The van der Waals surface area contributed by atoms with Crippen molar-refractivity contribution in [3.63, 3.8) is 0 Å². The van der Waals surface area contributed by atoms with Gasteiger partial charge in [0, 0.05) is 18.1 Å². The van der Waals surface area contributed by atoms with Gasteiger partial charge in [0.15, 0.2) is 11.6 Å². The number of hydrogen-bond acceptors (Lipinski definition) is 5. The molecule has 2 aromatic carbocycles. The summed E-state index contributed by atoms with van der Waals surface area (Å²) < 4.78 is 28.2. The third-order valence-corrected chi connectivity index (χ3v) is 5.87. The minimum absolute atomic E-state index is 0.0901. The number of para-hydroxylation sites is 2. The van der Waals surface area contributed by atoms with Crippen molar-refractivity contribution >= 4 is 44.3 Å². The molecule has 1 aliphatic heterocycles. The standard InChI is InChI=1S/C18H17ClN4O2S/c19-13-6-5-7-14(12-13)26(24,25)22-17-18(23-10-3-4-11-23)21-16-9-2-1-8-15(16)20-17/h1-2,5-9,12H,3-4,10-11H2,(H,20,22). The van der Waals surface area contributed by atoms with E-state index in [1.54, 1.807) is 12.1 Å². The topological polar surface area (TPSA) is 75.2 Å². The Morgan fingerprint density at radius 3 is 2.35 bits per heavy atom. The number of anilines is 2. The van der Waals surface area contributed by atoms with Crippen LogP contribution in [-0.2, 0) is 10.0 Å². The molecule has 0 aliphatic carbocycles. The molecule has 1 N–H and O–H groups in total. The summed E-state index contributed by atoms with van der Waals surface area (Å²) in [5.41, 5.74) is 1.37. The van der Waals surface area contributed by atoms with Gasteiger partial charge in [0.1, 0.15) is 0 Å². The maximum Gasteiger partial charge on any atom is 0.263 e. The first-order valence-electron chi connectivity index (χ1n) is 8.33. The number of nitrogens with zero attached hydrogens (tertiary/aromatic N) is 3. The van der Waals surface area contributed by atoms with Crippen LogP contribution in [0.5, 0.6) is 0 Å². The Kier molecular flexibility index (Phi) is 4.42. The predicted octanol–water partition coefficient (Wildman–Crippen LogP) is 3.68. The smallest absolute Gasteiger partial charge is 0.263 e. The fourth-order valence-electron chi connectivity index (χ4n) is 3.03. The summed E-state index contributed by atoms with van der Waals surface area (Å²) in [6, 6.07) is 13.6. The van der Waals surface area contributed by atoms with Crippen LogP contribution in [0.4, 0.5) is 11.6 Å². The van der Waals surface area contributed by atoms with Gasteiger partial charge in [-0.25, -0.2) is 18.4 Å². The number of aromatic nitrogens is 2. The Balaban J connectivity index is 1.80. The lowest BCUT2D eigenvalue weighted by Gasteiger charge is -2.20. The van der Waals surface area contributed by atoms with Crippen molar-refractivity contribution < 1.29 is 8.42 Å². The average Bonchev–Trinajstić information content (AvgIpc) is 3.15. The molecule has 0 bridgehead atoms. The van der Waals surface area contributed by atoms with Gasteiger partial charge in [-0.15, -0.1) is 0 Å². The minimum Gasteiger partial charge on any atom is -0.354 e. The van der Waals surface area contributed by atoms with E-state index >= 15 is 0 Å². The molecule has 3 aromatic rings. The van der Waals surface area contributed by atoms with E-state index < -0.39 is 10.0 Å². The Labute approximate surface area is 156 Å². The van der Waals surface area contributed by atoms with Crippen LogP contribution >= 0.6 is 11.6 Å². The lowest BCUT2D eigenvalue weighted by Crippen LogP contribution is -2.23. The van der Waals surface area contributed by atoms with Crippen molar-refractivity contribution in [2.24, 2.45) is 0 Å². The number of halogens is 1. The van der Waals surface area contributed by atoms with E-state index in [9.17, 15) is 8.42 Å². The van der Waals surface area contributed by atoms with Crippen LogP contribution in [0, 0.1) is 0 Å². The number of benzene rings is 2. The first-order chi connectivity index (χ1) is 12.5. The summed E-state index contributed by atoms with van der Waals surface area (Å²) in [4.78, 5) is 11.3. The van der Waals surface area contributed by atoms with Crippen molar-refractivity contribution in [1.29, 1.82) is 0 Å². The molecule has 134 valence electrons. The molecule has 2 heterocycles. The molecular formula is C18H17ClN4O2S. The second-order valence-electron chi connectivity index (χ2n) is 6.14. The molecule has 1 saturated heterocycles. The Morgan fingerprint density at radius 2 is 1.65 bits per heavy atom. The van der Waals surface area contributed by atoms with Crippen LogP contribution in [0.3, 0.4) is 0 Å². The summed E-state index contributed by atoms with van der Waals surface area (Å²) in [5.74, 6) is 0.803. The molecule has 26 heavy (non-hydrogen) atoms. The quantitative estimate of drug-likeness (QED) is 0.737. The van der Waals surface area contributed by atoms with E-state index in [0.717, 1.165) is 31.4 Å². The van der Waals surface area contributed by atoms with Gasteiger partial charge in [-0.3, -0.25) is 4.72 Å². The van der Waals surface area contributed by atoms with E-state index in [0.29, 0.717) is 16.4 Å². The lowest BCUT2D eigenvalue weighted by molar-refractivity contribution is 0.601. The van der Waals surface area contributed by atoms with Gasteiger partial charge in [-0.2, -0.15) is 0 Å². The third-order valence-electron chi connectivity index (χ3n) is 4.30. The van der Waals surface area contributed by atoms with E-state index in [1.807, 2.05) is 24.3 Å². The van der Waals surface area contributed by atoms with Crippen LogP contribution in [-0.4, -0.2) is 31.5 Å². The minimum atomic E-state index is -3.82. The maximum absolute atomic E-state index is 12.8. The summed E-state index contributed by atoms with van der Waals surface area (Å²) in [5, 5.41) is 0.359. The summed E-state index contributed by atoms with van der Waals surface area (Å²) >= 11 is 5.94. The number of nitrogens with one attached hydrogen (secondary N) is 1. The van der Waals surface area contributed by atoms with Crippen LogP contribution in [0.15, 0.2) is 53.4 Å². The molecule has 6 nitrogen and oxygen atoms in total. The van der Waals surface area contributed by atoms with E-state index in [1.165, 1.54) is 12.1 Å². The normalized spacial score (nSPS) is 14.7. The van der Waals surface area contributed by atoms with Crippen LogP contribution in [0.2, 0.25) is 5.02 Å². The average molecular weight is 389 g/mol. The Morgan fingerprint density at radius 1 is 0.962 bits per heavy atom. The highest BCUT2D eigenvalue weighted by Gasteiger charge is 2.23. The summed E-state index contributed by atoms with van der Waals surface area (Å²) in [7, 11) is -3.82. The molecule has 0 radical (unpaired) electrons. The van der Waals surface area contributed by atoms with Gasteiger partial charge in [-0.1, -0.05) is 29.8 Å². The zero-order chi connectivity index (χ0) is 18.1. The second kappa shape index (κ2) is 6.74. The molecule has 1 aliphatic rings. The molecule has 0 spiro atoms. The number of fused-ring (bicyclic) bond motifs is 1. The molecule has 0 saturated carbocycles. The number of rotatable bonds is 4. The summed E-state index contributed by atoms with van der Waals surface area (Å²) in [6.45, 7) is 1.66. The molecule has 0 amide bonds. The zero-order valence-corrected chi connectivity index (χ0v) is 15.5. The summed E-state index contributed by atoms with van der Waals surface area (Å²) in [6.07, 6.45) is 2.10. The van der Waals surface area contributed by atoms with Gasteiger partial charge in [0.05, 0.1) is 15.9 Å². The van der Waals surface area contributed by atoms with Crippen molar-refractivity contribution in [3.05, 3.63) is 53.6 Å². The molecule has 8 heteroatoms. The molecular weight excluding hydrogens is 372 g/mol. The largest absolute Gasteiger partial charge is 0.354 e. The third kappa shape index (κ3) is 3.32. The van der Waals surface area contributed by atoms with Gasteiger partial charge in [0.2, 0.25) is 0 Å². The van der Waals surface area contributed by atoms with Crippen LogP contribution < -0.4 is 9.62 Å². The van der Waals surface area contributed by atoms with E-state index in [4.69, 9.17) is 11.6 Å². The SMILES string of the molecule is O=S(=O)(Nc1nc2ccccc2nc1N1CCCC1)c1cccc(Cl)c1. The fraction of sp³-hybridized carbons (Fsp3) is 0.222. The van der Waals surface area contributed by atoms with Crippen LogP contribution in [0.25, 0.3) is 11.0 Å². The fourth-order valence-corrected chi connectivity index (χ4v) is 4.33. The van der Waals surface area contributed by atoms with Crippen molar-refractivity contribution in [2.45, 2.75) is 17.7 Å². The van der Waals surface area contributed by atoms with Crippen molar-refractivity contribution in [1.82, 2.24) is 9.97 Å².